The number of nitriles is 1. The Morgan fingerprint density at radius 2 is 1.88 bits per heavy atom. The molecule has 3 aromatic rings. The number of pyridine rings is 1. The molecule has 26 heavy (non-hydrogen) atoms. The maximum absolute atomic E-state index is 9.21. The molecule has 0 aliphatic carbocycles. The number of benzene rings is 1. The molecule has 0 fully saturated rings. The van der Waals surface area contributed by atoms with Gasteiger partial charge >= 0.3 is 0 Å². The van der Waals surface area contributed by atoms with Crippen LogP contribution >= 0.6 is 0 Å². The second kappa shape index (κ2) is 8.06. The summed E-state index contributed by atoms with van der Waals surface area (Å²) in [6.07, 6.45) is 2.02. The third-order valence-corrected chi connectivity index (χ3v) is 4.06. The first-order valence-corrected chi connectivity index (χ1v) is 8.27. The number of aromatic nitrogens is 2. The van der Waals surface area contributed by atoms with E-state index in [1.807, 2.05) is 43.5 Å². The van der Waals surface area contributed by atoms with Gasteiger partial charge in [-0.15, -0.1) is 0 Å². The topological polar surface area (TPSA) is 50.3 Å². The van der Waals surface area contributed by atoms with Crippen LogP contribution in [0.4, 0.5) is 0 Å². The molecule has 0 saturated carbocycles. The first-order valence-electron chi connectivity index (χ1n) is 8.27. The summed E-state index contributed by atoms with van der Waals surface area (Å²) in [7, 11) is 6.49. The van der Waals surface area contributed by atoms with Crippen molar-refractivity contribution in [2.75, 3.05) is 21.1 Å². The van der Waals surface area contributed by atoms with E-state index in [2.05, 4.69) is 31.6 Å². The van der Waals surface area contributed by atoms with E-state index >= 15 is 0 Å². The Labute approximate surface area is 171 Å². The molecule has 2 aromatic heterocycles. The molecule has 2 heterocycles. The zero-order valence-electron chi connectivity index (χ0n) is 15.5. The summed E-state index contributed by atoms with van der Waals surface area (Å²) >= 11 is 0. The molecule has 136 valence electrons. The molecule has 1 aromatic carbocycles. The van der Waals surface area contributed by atoms with E-state index in [4.69, 9.17) is 9.72 Å². The molecule has 0 aliphatic rings. The van der Waals surface area contributed by atoms with Crippen LogP contribution in [0.15, 0.2) is 42.6 Å². The predicted molar refractivity (Wildman–Crippen MR) is 97.2 cm³/mol. The second-order valence-electron chi connectivity index (χ2n) is 7.22. The lowest BCUT2D eigenvalue weighted by Gasteiger charge is -2.23. The van der Waals surface area contributed by atoms with Gasteiger partial charge in [0.15, 0.2) is 11.4 Å². The van der Waals surface area contributed by atoms with Gasteiger partial charge in [-0.05, 0) is 25.1 Å². The second-order valence-corrected chi connectivity index (χ2v) is 7.22. The van der Waals surface area contributed by atoms with Crippen LogP contribution in [0.1, 0.15) is 22.5 Å². The van der Waals surface area contributed by atoms with Crippen molar-refractivity contribution in [2.24, 2.45) is 0 Å². The van der Waals surface area contributed by atoms with E-state index in [1.54, 1.807) is 6.07 Å². The highest BCUT2D eigenvalue weighted by atomic mass is 127. The molecule has 0 N–H and O–H groups in total. The van der Waals surface area contributed by atoms with Crippen LogP contribution in [-0.4, -0.2) is 35.0 Å². The Morgan fingerprint density at radius 1 is 1.15 bits per heavy atom. The van der Waals surface area contributed by atoms with E-state index in [-0.39, 0.29) is 24.0 Å². The fourth-order valence-electron chi connectivity index (χ4n) is 2.87. The van der Waals surface area contributed by atoms with Crippen LogP contribution < -0.4 is 28.7 Å². The Hall–Kier alpha value is -2.11. The van der Waals surface area contributed by atoms with Gasteiger partial charge in [-0.3, -0.25) is 4.40 Å². The van der Waals surface area contributed by atoms with Crippen molar-refractivity contribution in [3.05, 3.63) is 65.1 Å². The molecule has 0 radical (unpaired) electrons. The van der Waals surface area contributed by atoms with Crippen molar-refractivity contribution in [1.82, 2.24) is 9.38 Å². The summed E-state index contributed by atoms with van der Waals surface area (Å²) in [5, 5.41) is 9.21. The monoisotopic (exact) mass is 462 g/mol. The van der Waals surface area contributed by atoms with Crippen molar-refractivity contribution in [1.29, 1.82) is 5.26 Å². The Morgan fingerprint density at radius 3 is 2.58 bits per heavy atom. The van der Waals surface area contributed by atoms with E-state index in [1.165, 1.54) is 5.69 Å². The minimum Gasteiger partial charge on any atom is -1.00 e. The molecule has 0 spiro atoms. The number of ether oxygens (including phenoxy) is 1. The van der Waals surface area contributed by atoms with Crippen molar-refractivity contribution in [2.45, 2.75) is 20.1 Å². The molecule has 6 heteroatoms. The zero-order chi connectivity index (χ0) is 18.0. The van der Waals surface area contributed by atoms with Crippen LogP contribution in [0.3, 0.4) is 0 Å². The highest BCUT2D eigenvalue weighted by molar-refractivity contribution is 5.56. The van der Waals surface area contributed by atoms with Crippen LogP contribution in [0.25, 0.3) is 5.65 Å². The summed E-state index contributed by atoms with van der Waals surface area (Å²) in [6, 6.07) is 13.6. The van der Waals surface area contributed by atoms with E-state index in [0.29, 0.717) is 12.2 Å². The van der Waals surface area contributed by atoms with Gasteiger partial charge in [0, 0.05) is 11.8 Å². The number of rotatable bonds is 5. The molecule has 0 aliphatic heterocycles. The Kier molecular flexibility index (Phi) is 6.26. The van der Waals surface area contributed by atoms with Gasteiger partial charge in [-0.2, -0.15) is 5.26 Å². The smallest absolute Gasteiger partial charge is 0.180 e. The first kappa shape index (κ1) is 20.2. The SMILES string of the molecule is Cc1nc2c(OCc3ccccc3C#N)cccn2c1C[N+](C)(C)C.[I-]. The number of fused-ring (bicyclic) bond motifs is 1. The maximum Gasteiger partial charge on any atom is 0.180 e. The van der Waals surface area contributed by atoms with Gasteiger partial charge in [0.1, 0.15) is 18.8 Å². The lowest BCUT2D eigenvalue weighted by Crippen LogP contribution is -3.00. The fraction of sp³-hybridized carbons (Fsp3) is 0.300. The standard InChI is InChI=1S/C20H23N4O.HI/c1-15-18(13-24(2,3)4)23-11-7-10-19(20(23)22-15)25-14-17-9-6-5-8-16(17)12-21;/h5-11H,13-14H2,1-4H3;1H/q+1;/p-1. The molecule has 0 atom stereocenters. The van der Waals surface area contributed by atoms with Crippen LogP contribution in [0.5, 0.6) is 5.75 Å². The Balaban J connectivity index is 0.00000243. The number of aryl methyl sites for hydroxylation is 1. The van der Waals surface area contributed by atoms with Crippen LogP contribution in [0, 0.1) is 18.3 Å². The van der Waals surface area contributed by atoms with Gasteiger partial charge in [0.2, 0.25) is 0 Å². The summed E-state index contributed by atoms with van der Waals surface area (Å²) in [6.45, 7) is 3.26. The van der Waals surface area contributed by atoms with Crippen LogP contribution in [-0.2, 0) is 13.2 Å². The average Bonchev–Trinajstić information content (AvgIpc) is 2.88. The highest BCUT2D eigenvalue weighted by Crippen LogP contribution is 2.24. The maximum atomic E-state index is 9.21. The molecule has 0 saturated heterocycles. The summed E-state index contributed by atoms with van der Waals surface area (Å²) in [4.78, 5) is 4.72. The van der Waals surface area contributed by atoms with Crippen molar-refractivity contribution < 1.29 is 33.2 Å². The van der Waals surface area contributed by atoms with Gasteiger partial charge in [0.25, 0.3) is 0 Å². The lowest BCUT2D eigenvalue weighted by atomic mass is 10.1. The number of hydrogen-bond acceptors (Lipinski definition) is 3. The van der Waals surface area contributed by atoms with Crippen molar-refractivity contribution in [3.63, 3.8) is 0 Å². The highest BCUT2D eigenvalue weighted by Gasteiger charge is 2.18. The molecular weight excluding hydrogens is 439 g/mol. The number of halogens is 1. The molecule has 0 unspecified atom stereocenters. The number of imidazole rings is 1. The lowest BCUT2D eigenvalue weighted by molar-refractivity contribution is -0.884. The summed E-state index contributed by atoms with van der Waals surface area (Å²) in [5.74, 6) is 0.728. The van der Waals surface area contributed by atoms with Crippen molar-refractivity contribution in [3.8, 4) is 11.8 Å². The Bertz CT molecular complexity index is 951. The minimum absolute atomic E-state index is 0. The number of quaternary nitrogens is 1. The molecule has 3 rings (SSSR count). The van der Waals surface area contributed by atoms with E-state index in [0.717, 1.165) is 33.7 Å². The third kappa shape index (κ3) is 4.34. The molecule has 0 amide bonds. The summed E-state index contributed by atoms with van der Waals surface area (Å²) < 4.78 is 8.94. The van der Waals surface area contributed by atoms with Gasteiger partial charge in [-0.1, -0.05) is 18.2 Å². The number of nitrogens with zero attached hydrogens (tertiary/aromatic N) is 4. The fourth-order valence-corrected chi connectivity index (χ4v) is 2.87. The largest absolute Gasteiger partial charge is 1.00 e. The first-order chi connectivity index (χ1) is 11.9. The zero-order valence-corrected chi connectivity index (χ0v) is 17.7. The van der Waals surface area contributed by atoms with E-state index in [9.17, 15) is 5.26 Å². The predicted octanol–water partition coefficient (Wildman–Crippen LogP) is 0.304. The third-order valence-electron chi connectivity index (χ3n) is 4.06. The van der Waals surface area contributed by atoms with Gasteiger partial charge in [-0.25, -0.2) is 4.98 Å². The van der Waals surface area contributed by atoms with Gasteiger partial charge < -0.3 is 33.2 Å². The quantitative estimate of drug-likeness (QED) is 0.405. The number of hydrogen-bond donors (Lipinski definition) is 0. The van der Waals surface area contributed by atoms with Crippen molar-refractivity contribution >= 4 is 5.65 Å². The molecular formula is C20H23IN4O. The van der Waals surface area contributed by atoms with Gasteiger partial charge in [0.05, 0.1) is 38.5 Å². The van der Waals surface area contributed by atoms with E-state index < -0.39 is 0 Å². The van der Waals surface area contributed by atoms with Crippen LogP contribution in [0.2, 0.25) is 0 Å². The normalized spacial score (nSPS) is 11.0. The molecule has 0 bridgehead atoms. The summed E-state index contributed by atoms with van der Waals surface area (Å²) in [5.41, 5.74) is 4.53. The minimum atomic E-state index is 0. The molecule has 5 nitrogen and oxygen atoms in total. The average molecular weight is 462 g/mol.